The number of hydrogen-bond donors (Lipinski definition) is 1. The highest BCUT2D eigenvalue weighted by Crippen LogP contribution is 2.36. The highest BCUT2D eigenvalue weighted by atomic mass is 32.1. The van der Waals surface area contributed by atoms with Crippen molar-refractivity contribution in [2.45, 2.75) is 19.9 Å². The van der Waals surface area contributed by atoms with Gasteiger partial charge in [-0.2, -0.15) is 0 Å². The molecule has 1 atom stereocenters. The number of nitrogens with zero attached hydrogens (tertiary/aromatic N) is 1. The quantitative estimate of drug-likeness (QED) is 0.415. The van der Waals surface area contributed by atoms with Crippen LogP contribution in [0.4, 0.5) is 0 Å². The fourth-order valence-corrected chi connectivity index (χ4v) is 3.50. The zero-order valence-corrected chi connectivity index (χ0v) is 18.6. The number of thiocarbonyl (C=S) groups is 1. The van der Waals surface area contributed by atoms with Gasteiger partial charge in [-0.3, -0.25) is 0 Å². The number of rotatable bonds is 6. The molecule has 0 aliphatic carbocycles. The molecule has 0 amide bonds. The number of hydrogen-bond acceptors (Lipinski definition) is 6. The monoisotopic (exact) mass is 440 g/mol. The van der Waals surface area contributed by atoms with Crippen molar-refractivity contribution in [1.82, 2.24) is 10.2 Å². The summed E-state index contributed by atoms with van der Waals surface area (Å²) in [6.45, 7) is 4.02. The molecule has 7 nitrogen and oxygen atoms in total. The Labute approximate surface area is 186 Å². The minimum Gasteiger partial charge on any atom is -0.490 e. The first-order valence-electron chi connectivity index (χ1n) is 9.74. The molecular formula is C23H24N2O5S. The Kier molecular flexibility index (Phi) is 6.91. The van der Waals surface area contributed by atoms with Crippen LogP contribution in [0.2, 0.25) is 0 Å². The van der Waals surface area contributed by atoms with E-state index in [9.17, 15) is 9.59 Å². The van der Waals surface area contributed by atoms with Crippen molar-refractivity contribution in [3.63, 3.8) is 0 Å². The number of carbonyl (C=O) groups is 2. The lowest BCUT2D eigenvalue weighted by atomic mass is 9.95. The summed E-state index contributed by atoms with van der Waals surface area (Å²) < 4.78 is 16.3. The minimum absolute atomic E-state index is 0.287. The standard InChI is InChI=1S/C23H24N2O5S/c1-5-29-18-13-16(11-12-17(18)30-21(26)15-9-7-6-8-10-15)20-19(22(27)28-4)14(2)25(3)23(31)24-20/h6-13,20H,5H2,1-4H3,(H,24,31)/t20-/m0/s1. The van der Waals surface area contributed by atoms with E-state index in [-0.39, 0.29) is 5.75 Å². The molecule has 0 spiro atoms. The zero-order chi connectivity index (χ0) is 22.5. The van der Waals surface area contributed by atoms with Gasteiger partial charge in [-0.1, -0.05) is 24.3 Å². The first-order chi connectivity index (χ1) is 14.9. The number of nitrogens with one attached hydrogen (secondary N) is 1. The Morgan fingerprint density at radius 1 is 1.10 bits per heavy atom. The summed E-state index contributed by atoms with van der Waals surface area (Å²) in [5.41, 5.74) is 2.29. The first-order valence-corrected chi connectivity index (χ1v) is 10.2. The zero-order valence-electron chi connectivity index (χ0n) is 17.8. The van der Waals surface area contributed by atoms with Crippen molar-refractivity contribution >= 4 is 29.3 Å². The molecule has 0 aromatic heterocycles. The molecule has 31 heavy (non-hydrogen) atoms. The Morgan fingerprint density at radius 2 is 1.81 bits per heavy atom. The predicted molar refractivity (Wildman–Crippen MR) is 120 cm³/mol. The first kappa shape index (κ1) is 22.3. The van der Waals surface area contributed by atoms with Gasteiger partial charge in [0.2, 0.25) is 0 Å². The second kappa shape index (κ2) is 9.61. The molecule has 0 saturated heterocycles. The number of allylic oxidation sites excluding steroid dienone is 1. The van der Waals surface area contributed by atoms with Crippen LogP contribution in [-0.2, 0) is 9.53 Å². The van der Waals surface area contributed by atoms with Crippen molar-refractivity contribution in [1.29, 1.82) is 0 Å². The van der Waals surface area contributed by atoms with Gasteiger partial charge in [0.05, 0.1) is 30.9 Å². The van der Waals surface area contributed by atoms with Gasteiger partial charge in [-0.25, -0.2) is 9.59 Å². The molecule has 0 fully saturated rings. The van der Waals surface area contributed by atoms with Crippen molar-refractivity contribution in [2.24, 2.45) is 0 Å². The smallest absolute Gasteiger partial charge is 0.343 e. The average Bonchev–Trinajstić information content (AvgIpc) is 2.78. The van der Waals surface area contributed by atoms with Gasteiger partial charge < -0.3 is 24.4 Å². The van der Waals surface area contributed by atoms with Crippen LogP contribution >= 0.6 is 12.2 Å². The van der Waals surface area contributed by atoms with E-state index in [1.54, 1.807) is 54.4 Å². The van der Waals surface area contributed by atoms with E-state index in [1.807, 2.05) is 19.9 Å². The van der Waals surface area contributed by atoms with Crippen LogP contribution in [0.25, 0.3) is 0 Å². The SMILES string of the molecule is CCOc1cc([C@@H]2NC(=S)N(C)C(C)=C2C(=O)OC)ccc1OC(=O)c1ccccc1. The van der Waals surface area contributed by atoms with E-state index in [4.69, 9.17) is 26.4 Å². The van der Waals surface area contributed by atoms with Crippen LogP contribution in [-0.4, -0.2) is 42.7 Å². The lowest BCUT2D eigenvalue weighted by Gasteiger charge is -2.35. The van der Waals surface area contributed by atoms with Gasteiger partial charge in [-0.15, -0.1) is 0 Å². The van der Waals surface area contributed by atoms with Crippen LogP contribution in [0.1, 0.15) is 35.8 Å². The van der Waals surface area contributed by atoms with E-state index in [0.29, 0.717) is 34.3 Å². The summed E-state index contributed by atoms with van der Waals surface area (Å²) in [6, 6.07) is 13.3. The molecule has 0 bridgehead atoms. The van der Waals surface area contributed by atoms with Crippen LogP contribution in [0.15, 0.2) is 59.8 Å². The normalized spacial score (nSPS) is 15.9. The maximum absolute atomic E-state index is 12.5. The molecule has 1 aliphatic heterocycles. The number of carbonyl (C=O) groups excluding carboxylic acids is 2. The predicted octanol–water partition coefficient (Wildman–Crippen LogP) is 3.61. The van der Waals surface area contributed by atoms with E-state index >= 15 is 0 Å². The minimum atomic E-state index is -0.533. The third kappa shape index (κ3) is 4.69. The highest BCUT2D eigenvalue weighted by molar-refractivity contribution is 7.80. The molecular weight excluding hydrogens is 416 g/mol. The molecule has 1 N–H and O–H groups in total. The molecule has 0 saturated carbocycles. The third-order valence-electron chi connectivity index (χ3n) is 4.97. The Hall–Kier alpha value is -3.39. The highest BCUT2D eigenvalue weighted by Gasteiger charge is 2.33. The average molecular weight is 441 g/mol. The van der Waals surface area contributed by atoms with Gasteiger partial charge in [0.1, 0.15) is 0 Å². The lowest BCUT2D eigenvalue weighted by molar-refractivity contribution is -0.136. The summed E-state index contributed by atoms with van der Waals surface area (Å²) in [7, 11) is 3.12. The fraction of sp³-hybridized carbons (Fsp3) is 0.261. The Morgan fingerprint density at radius 3 is 2.45 bits per heavy atom. The number of methoxy groups -OCH3 is 1. The van der Waals surface area contributed by atoms with Crippen LogP contribution in [0.5, 0.6) is 11.5 Å². The van der Waals surface area contributed by atoms with E-state index < -0.39 is 18.0 Å². The maximum Gasteiger partial charge on any atom is 0.343 e. The van der Waals surface area contributed by atoms with Crippen LogP contribution < -0.4 is 14.8 Å². The van der Waals surface area contributed by atoms with Gasteiger partial charge in [0, 0.05) is 12.7 Å². The van der Waals surface area contributed by atoms with Crippen molar-refractivity contribution in [3.8, 4) is 11.5 Å². The Balaban J connectivity index is 1.98. The lowest BCUT2D eigenvalue weighted by Crippen LogP contribution is -2.46. The molecule has 3 rings (SSSR count). The van der Waals surface area contributed by atoms with E-state index in [2.05, 4.69) is 5.32 Å². The molecule has 1 aliphatic rings. The fourth-order valence-electron chi connectivity index (χ4n) is 3.25. The molecule has 2 aromatic carbocycles. The molecule has 0 unspecified atom stereocenters. The summed E-state index contributed by atoms with van der Waals surface area (Å²) in [4.78, 5) is 26.7. The largest absolute Gasteiger partial charge is 0.490 e. The number of ether oxygens (including phenoxy) is 3. The second-order valence-electron chi connectivity index (χ2n) is 6.83. The second-order valence-corrected chi connectivity index (χ2v) is 7.21. The topological polar surface area (TPSA) is 77.1 Å². The third-order valence-corrected chi connectivity index (χ3v) is 5.36. The van der Waals surface area contributed by atoms with E-state index in [0.717, 1.165) is 5.56 Å². The maximum atomic E-state index is 12.5. The summed E-state index contributed by atoms with van der Waals surface area (Å²) in [5.74, 6) is -0.270. The van der Waals surface area contributed by atoms with E-state index in [1.165, 1.54) is 7.11 Å². The summed E-state index contributed by atoms with van der Waals surface area (Å²) in [6.07, 6.45) is 0. The van der Waals surface area contributed by atoms with Gasteiger partial charge in [-0.05, 0) is 55.9 Å². The van der Waals surface area contributed by atoms with Gasteiger partial charge >= 0.3 is 11.9 Å². The number of benzene rings is 2. The molecule has 2 aromatic rings. The van der Waals surface area contributed by atoms with Crippen molar-refractivity contribution in [2.75, 3.05) is 20.8 Å². The van der Waals surface area contributed by atoms with Gasteiger partial charge in [0.25, 0.3) is 0 Å². The van der Waals surface area contributed by atoms with Crippen LogP contribution in [0, 0.1) is 0 Å². The Bertz CT molecular complexity index is 1040. The molecule has 8 heteroatoms. The summed E-state index contributed by atoms with van der Waals surface area (Å²) in [5, 5.41) is 3.65. The van der Waals surface area contributed by atoms with Gasteiger partial charge in [0.15, 0.2) is 16.6 Å². The van der Waals surface area contributed by atoms with Crippen molar-refractivity contribution < 1.29 is 23.8 Å². The number of esters is 2. The molecule has 1 heterocycles. The van der Waals surface area contributed by atoms with Crippen molar-refractivity contribution in [3.05, 3.63) is 70.9 Å². The molecule has 0 radical (unpaired) electrons. The van der Waals surface area contributed by atoms with Crippen LogP contribution in [0.3, 0.4) is 0 Å². The summed E-state index contributed by atoms with van der Waals surface area (Å²) >= 11 is 5.41. The molecule has 162 valence electrons.